The van der Waals surface area contributed by atoms with Gasteiger partial charge in [0, 0.05) is 11.1 Å². The standard InChI is InChI=1S/C18H17ClN2O6/c1-11-6-7-15(21(24)25)18(12(11)2)20-16(22)9-27-17(23)10-26-14-5-3-4-13(19)8-14/h3-8H,9-10H2,1-2H3,(H,20,22). The van der Waals surface area contributed by atoms with Crippen molar-refractivity contribution in [1.82, 2.24) is 0 Å². The second-order valence-corrected chi connectivity index (χ2v) is 6.05. The van der Waals surface area contributed by atoms with E-state index in [1.54, 1.807) is 38.1 Å². The van der Waals surface area contributed by atoms with Crippen molar-refractivity contribution in [3.63, 3.8) is 0 Å². The van der Waals surface area contributed by atoms with Crippen molar-refractivity contribution in [2.24, 2.45) is 0 Å². The highest BCUT2D eigenvalue weighted by atomic mass is 35.5. The summed E-state index contributed by atoms with van der Waals surface area (Å²) >= 11 is 5.80. The summed E-state index contributed by atoms with van der Waals surface area (Å²) in [5, 5.41) is 14.0. The van der Waals surface area contributed by atoms with E-state index in [1.807, 2.05) is 0 Å². The number of carbonyl (C=O) groups is 2. The zero-order valence-corrected chi connectivity index (χ0v) is 15.4. The van der Waals surface area contributed by atoms with Crippen LogP contribution in [0.4, 0.5) is 11.4 Å². The highest BCUT2D eigenvalue weighted by Crippen LogP contribution is 2.30. The van der Waals surface area contributed by atoms with Crippen molar-refractivity contribution in [2.75, 3.05) is 18.5 Å². The first kappa shape index (κ1) is 20.2. The van der Waals surface area contributed by atoms with Gasteiger partial charge in [-0.15, -0.1) is 0 Å². The molecule has 0 saturated carbocycles. The number of ether oxygens (including phenoxy) is 2. The van der Waals surface area contributed by atoms with Gasteiger partial charge in [0.15, 0.2) is 13.2 Å². The van der Waals surface area contributed by atoms with E-state index in [1.165, 1.54) is 12.1 Å². The number of nitrogens with one attached hydrogen (secondary N) is 1. The molecule has 0 unspecified atom stereocenters. The molecule has 1 amide bonds. The van der Waals surface area contributed by atoms with Gasteiger partial charge in [-0.3, -0.25) is 14.9 Å². The number of benzene rings is 2. The predicted molar refractivity (Wildman–Crippen MR) is 99.1 cm³/mol. The average molecular weight is 393 g/mol. The Bertz CT molecular complexity index is 884. The van der Waals surface area contributed by atoms with E-state index in [0.29, 0.717) is 16.3 Å². The predicted octanol–water partition coefficient (Wildman–Crippen LogP) is 3.43. The van der Waals surface area contributed by atoms with E-state index in [9.17, 15) is 19.7 Å². The van der Waals surface area contributed by atoms with Crippen LogP contribution in [0.25, 0.3) is 0 Å². The summed E-state index contributed by atoms with van der Waals surface area (Å²) in [5.74, 6) is -1.07. The quantitative estimate of drug-likeness (QED) is 0.439. The number of nitro benzene ring substituents is 1. The van der Waals surface area contributed by atoms with E-state index in [0.717, 1.165) is 5.56 Å². The van der Waals surface area contributed by atoms with E-state index < -0.39 is 30.0 Å². The second-order valence-electron chi connectivity index (χ2n) is 5.61. The van der Waals surface area contributed by atoms with Crippen LogP contribution in [-0.4, -0.2) is 30.0 Å². The maximum Gasteiger partial charge on any atom is 0.344 e. The fourth-order valence-electron chi connectivity index (χ4n) is 2.17. The summed E-state index contributed by atoms with van der Waals surface area (Å²) in [6, 6.07) is 9.36. The molecule has 0 atom stereocenters. The monoisotopic (exact) mass is 392 g/mol. The first-order chi connectivity index (χ1) is 12.8. The molecule has 142 valence electrons. The summed E-state index contributed by atoms with van der Waals surface area (Å²) in [6.45, 7) is 2.42. The number of carbonyl (C=O) groups excluding carboxylic acids is 2. The van der Waals surface area contributed by atoms with Gasteiger partial charge in [0.05, 0.1) is 4.92 Å². The molecule has 0 fully saturated rings. The van der Waals surface area contributed by atoms with Crippen LogP contribution in [-0.2, 0) is 14.3 Å². The highest BCUT2D eigenvalue weighted by molar-refractivity contribution is 6.30. The molecule has 1 N–H and O–H groups in total. The largest absolute Gasteiger partial charge is 0.482 e. The Kier molecular flexibility index (Phi) is 6.73. The van der Waals surface area contributed by atoms with Crippen LogP contribution in [0.2, 0.25) is 5.02 Å². The molecule has 0 bridgehead atoms. The number of anilines is 1. The summed E-state index contributed by atoms with van der Waals surface area (Å²) in [6.07, 6.45) is 0. The van der Waals surface area contributed by atoms with Gasteiger partial charge >= 0.3 is 5.97 Å². The van der Waals surface area contributed by atoms with Crippen LogP contribution in [0.15, 0.2) is 36.4 Å². The van der Waals surface area contributed by atoms with Crippen LogP contribution in [0.3, 0.4) is 0 Å². The van der Waals surface area contributed by atoms with Gasteiger partial charge < -0.3 is 14.8 Å². The lowest BCUT2D eigenvalue weighted by Crippen LogP contribution is -2.24. The molecule has 0 saturated heterocycles. The van der Waals surface area contributed by atoms with E-state index >= 15 is 0 Å². The number of nitro groups is 1. The highest BCUT2D eigenvalue weighted by Gasteiger charge is 2.20. The fraction of sp³-hybridized carbons (Fsp3) is 0.222. The summed E-state index contributed by atoms with van der Waals surface area (Å²) in [5.41, 5.74) is 1.19. The number of rotatable bonds is 7. The zero-order valence-electron chi connectivity index (χ0n) is 14.7. The Hall–Kier alpha value is -3.13. The van der Waals surface area contributed by atoms with Crippen molar-refractivity contribution in [3.8, 4) is 5.75 Å². The third-order valence-electron chi connectivity index (χ3n) is 3.69. The molecule has 0 aliphatic heterocycles. The van der Waals surface area contributed by atoms with Gasteiger partial charge in [-0.1, -0.05) is 23.7 Å². The fourth-order valence-corrected chi connectivity index (χ4v) is 2.35. The molecule has 0 aliphatic rings. The Balaban J connectivity index is 1.90. The maximum absolute atomic E-state index is 12.0. The molecule has 0 aliphatic carbocycles. The summed E-state index contributed by atoms with van der Waals surface area (Å²) < 4.78 is 10.0. The van der Waals surface area contributed by atoms with Gasteiger partial charge in [-0.2, -0.15) is 0 Å². The molecular formula is C18H17ClN2O6. The topological polar surface area (TPSA) is 108 Å². The Morgan fingerprint density at radius 3 is 2.59 bits per heavy atom. The molecule has 2 aromatic rings. The van der Waals surface area contributed by atoms with Gasteiger partial charge in [0.1, 0.15) is 11.4 Å². The molecule has 0 heterocycles. The Morgan fingerprint density at radius 1 is 1.19 bits per heavy atom. The number of hydrogen-bond donors (Lipinski definition) is 1. The van der Waals surface area contributed by atoms with Crippen molar-refractivity contribution < 1.29 is 24.0 Å². The van der Waals surface area contributed by atoms with Gasteiger partial charge in [0.2, 0.25) is 0 Å². The molecule has 8 nitrogen and oxygen atoms in total. The number of aryl methyl sites for hydroxylation is 1. The lowest BCUT2D eigenvalue weighted by molar-refractivity contribution is -0.384. The van der Waals surface area contributed by atoms with Crippen molar-refractivity contribution in [1.29, 1.82) is 0 Å². The Labute approximate surface area is 160 Å². The normalized spacial score (nSPS) is 10.2. The minimum atomic E-state index is -0.763. The van der Waals surface area contributed by atoms with Crippen molar-refractivity contribution >= 4 is 34.9 Å². The molecule has 2 rings (SSSR count). The van der Waals surface area contributed by atoms with Gasteiger partial charge in [0.25, 0.3) is 11.6 Å². The first-order valence-electron chi connectivity index (χ1n) is 7.86. The third kappa shape index (κ3) is 5.68. The minimum absolute atomic E-state index is 0.0798. The molecular weight excluding hydrogens is 376 g/mol. The molecule has 0 aromatic heterocycles. The number of amides is 1. The number of halogens is 1. The maximum atomic E-state index is 12.0. The van der Waals surface area contributed by atoms with E-state index in [4.69, 9.17) is 21.1 Å². The zero-order chi connectivity index (χ0) is 20.0. The molecule has 0 radical (unpaired) electrons. The number of esters is 1. The lowest BCUT2D eigenvalue weighted by atomic mass is 10.1. The van der Waals surface area contributed by atoms with E-state index in [2.05, 4.69) is 5.32 Å². The van der Waals surface area contributed by atoms with E-state index in [-0.39, 0.29) is 11.4 Å². The van der Waals surface area contributed by atoms with Crippen LogP contribution in [0.1, 0.15) is 11.1 Å². The molecule has 27 heavy (non-hydrogen) atoms. The molecule has 9 heteroatoms. The van der Waals surface area contributed by atoms with Crippen molar-refractivity contribution in [2.45, 2.75) is 13.8 Å². The summed E-state index contributed by atoms with van der Waals surface area (Å²) in [7, 11) is 0. The third-order valence-corrected chi connectivity index (χ3v) is 3.93. The average Bonchev–Trinajstić information content (AvgIpc) is 2.62. The van der Waals surface area contributed by atoms with Crippen molar-refractivity contribution in [3.05, 3.63) is 62.7 Å². The lowest BCUT2D eigenvalue weighted by Gasteiger charge is -2.11. The number of hydrogen-bond acceptors (Lipinski definition) is 6. The van der Waals surface area contributed by atoms with Crippen LogP contribution in [0, 0.1) is 24.0 Å². The first-order valence-corrected chi connectivity index (χ1v) is 8.24. The second kappa shape index (κ2) is 9.00. The Morgan fingerprint density at radius 2 is 1.93 bits per heavy atom. The van der Waals surface area contributed by atoms with Crippen LogP contribution < -0.4 is 10.1 Å². The minimum Gasteiger partial charge on any atom is -0.482 e. The number of nitrogens with zero attached hydrogens (tertiary/aromatic N) is 1. The SMILES string of the molecule is Cc1ccc([N+](=O)[O-])c(NC(=O)COC(=O)COc2cccc(Cl)c2)c1C. The van der Waals surface area contributed by atoms with Gasteiger partial charge in [-0.25, -0.2) is 4.79 Å². The smallest absolute Gasteiger partial charge is 0.344 e. The van der Waals surface area contributed by atoms with Gasteiger partial charge in [-0.05, 0) is 43.2 Å². The molecule has 0 spiro atoms. The summed E-state index contributed by atoms with van der Waals surface area (Å²) in [4.78, 5) is 34.2. The van der Waals surface area contributed by atoms with Crippen LogP contribution >= 0.6 is 11.6 Å². The molecule has 2 aromatic carbocycles. The van der Waals surface area contributed by atoms with Crippen LogP contribution in [0.5, 0.6) is 5.75 Å².